The van der Waals surface area contributed by atoms with E-state index in [1.165, 1.54) is 22.3 Å². The molecule has 0 saturated heterocycles. The van der Waals surface area contributed by atoms with Gasteiger partial charge < -0.3 is 10.1 Å². The van der Waals surface area contributed by atoms with E-state index in [1.54, 1.807) is 7.11 Å². The first-order valence-corrected chi connectivity index (χ1v) is 9.09. The van der Waals surface area contributed by atoms with E-state index < -0.39 is 0 Å². The predicted octanol–water partition coefficient (Wildman–Crippen LogP) is 4.42. The topological polar surface area (TPSA) is 38.3 Å². The van der Waals surface area contributed by atoms with Crippen LogP contribution in [0.2, 0.25) is 0 Å². The number of carbonyl (C=O) groups excluding carboxylic acids is 1. The molecule has 1 N–H and O–H groups in total. The average molecular weight is 339 g/mol. The van der Waals surface area contributed by atoms with Crippen LogP contribution in [0.15, 0.2) is 42.5 Å². The summed E-state index contributed by atoms with van der Waals surface area (Å²) in [4.78, 5) is 11.9. The number of hydrogen-bond acceptors (Lipinski definition) is 3. The van der Waals surface area contributed by atoms with E-state index in [0.717, 1.165) is 25.0 Å². The Kier molecular flexibility index (Phi) is 7.20. The molecule has 25 heavy (non-hydrogen) atoms. The molecule has 0 aliphatic heterocycles. The van der Waals surface area contributed by atoms with Gasteiger partial charge in [0.2, 0.25) is 0 Å². The summed E-state index contributed by atoms with van der Waals surface area (Å²) in [5.41, 5.74) is 4.95. The van der Waals surface area contributed by atoms with Crippen LogP contribution >= 0.6 is 0 Å². The minimum atomic E-state index is -0.104. The molecule has 2 aromatic carbocycles. The van der Waals surface area contributed by atoms with Gasteiger partial charge in [-0.1, -0.05) is 50.6 Å². The van der Waals surface area contributed by atoms with Crippen molar-refractivity contribution in [3.8, 4) is 16.9 Å². The quantitative estimate of drug-likeness (QED) is 0.735. The molecule has 3 heteroatoms. The van der Waals surface area contributed by atoms with Crippen LogP contribution in [-0.2, 0) is 17.6 Å². The lowest BCUT2D eigenvalue weighted by molar-refractivity contribution is -0.120. The Morgan fingerprint density at radius 3 is 2.40 bits per heavy atom. The third-order valence-electron chi connectivity index (χ3n) is 4.62. The van der Waals surface area contributed by atoms with E-state index in [4.69, 9.17) is 4.74 Å². The van der Waals surface area contributed by atoms with Crippen LogP contribution in [0.5, 0.6) is 5.75 Å². The maximum absolute atomic E-state index is 11.9. The van der Waals surface area contributed by atoms with Gasteiger partial charge in [-0.15, -0.1) is 0 Å². The first kappa shape index (κ1) is 19.2. The minimum absolute atomic E-state index is 0.104. The smallest absolute Gasteiger partial charge is 0.149 e. The Balaban J connectivity index is 2.23. The number of methoxy groups -OCH3 is 1. The van der Waals surface area contributed by atoms with Gasteiger partial charge in [-0.25, -0.2) is 0 Å². The predicted molar refractivity (Wildman–Crippen MR) is 104 cm³/mol. The van der Waals surface area contributed by atoms with Crippen molar-refractivity contribution in [3.63, 3.8) is 0 Å². The molecule has 0 aliphatic carbocycles. The van der Waals surface area contributed by atoms with Crippen molar-refractivity contribution < 1.29 is 9.53 Å². The molecule has 0 fully saturated rings. The van der Waals surface area contributed by atoms with Crippen molar-refractivity contribution in [2.45, 2.75) is 45.6 Å². The zero-order chi connectivity index (χ0) is 18.2. The van der Waals surface area contributed by atoms with Crippen molar-refractivity contribution in [1.82, 2.24) is 5.32 Å². The molecule has 0 amide bonds. The minimum Gasteiger partial charge on any atom is -0.497 e. The van der Waals surface area contributed by atoms with Crippen molar-refractivity contribution in [1.29, 1.82) is 0 Å². The van der Waals surface area contributed by atoms with Gasteiger partial charge in [0, 0.05) is 6.42 Å². The third-order valence-corrected chi connectivity index (χ3v) is 4.62. The number of aryl methyl sites for hydroxylation is 1. The summed E-state index contributed by atoms with van der Waals surface area (Å²) < 4.78 is 5.36. The zero-order valence-corrected chi connectivity index (χ0v) is 15.8. The van der Waals surface area contributed by atoms with Gasteiger partial charge in [0.15, 0.2) is 0 Å². The van der Waals surface area contributed by atoms with E-state index in [2.05, 4.69) is 48.6 Å². The number of ether oxygens (including phenoxy) is 1. The maximum atomic E-state index is 11.9. The van der Waals surface area contributed by atoms with E-state index in [9.17, 15) is 4.79 Å². The number of ketones is 1. The third kappa shape index (κ3) is 4.93. The summed E-state index contributed by atoms with van der Waals surface area (Å²) >= 11 is 0. The van der Waals surface area contributed by atoms with E-state index in [1.807, 2.05) is 20.0 Å². The normalized spacial score (nSPS) is 12.0. The summed E-state index contributed by atoms with van der Waals surface area (Å²) in [6.45, 7) is 4.10. The maximum Gasteiger partial charge on any atom is 0.149 e. The highest BCUT2D eigenvalue weighted by molar-refractivity contribution is 5.84. The van der Waals surface area contributed by atoms with Gasteiger partial charge >= 0.3 is 0 Å². The van der Waals surface area contributed by atoms with Crippen molar-refractivity contribution >= 4 is 5.78 Å². The number of benzene rings is 2. The average Bonchev–Trinajstić information content (AvgIpc) is 2.66. The van der Waals surface area contributed by atoms with Gasteiger partial charge in [0.05, 0.1) is 13.2 Å². The largest absolute Gasteiger partial charge is 0.497 e. The second kappa shape index (κ2) is 9.38. The SMILES string of the molecule is CCCc1cc(OC)ccc1-c1ccc(CC(NC)C(=O)CC)cc1. The van der Waals surface area contributed by atoms with Crippen molar-refractivity contribution in [2.75, 3.05) is 14.2 Å². The summed E-state index contributed by atoms with van der Waals surface area (Å²) in [7, 11) is 3.55. The fraction of sp³-hybridized carbons (Fsp3) is 0.409. The van der Waals surface area contributed by atoms with Gasteiger partial charge in [0.25, 0.3) is 0 Å². The summed E-state index contributed by atoms with van der Waals surface area (Å²) in [6, 6.07) is 14.7. The summed E-state index contributed by atoms with van der Waals surface area (Å²) in [5.74, 6) is 1.16. The van der Waals surface area contributed by atoms with Gasteiger partial charge in [0.1, 0.15) is 11.5 Å². The molecule has 0 aromatic heterocycles. The fourth-order valence-corrected chi connectivity index (χ4v) is 3.13. The molecule has 2 aromatic rings. The van der Waals surface area contributed by atoms with Crippen LogP contribution in [0.4, 0.5) is 0 Å². The molecule has 0 aliphatic rings. The number of hydrogen-bond donors (Lipinski definition) is 1. The van der Waals surface area contributed by atoms with E-state index >= 15 is 0 Å². The molecule has 1 unspecified atom stereocenters. The number of likely N-dealkylation sites (N-methyl/N-ethyl adjacent to an activating group) is 1. The second-order valence-corrected chi connectivity index (χ2v) is 6.34. The van der Waals surface area contributed by atoms with Crippen molar-refractivity contribution in [2.24, 2.45) is 0 Å². The van der Waals surface area contributed by atoms with Gasteiger partial charge in [-0.3, -0.25) is 4.79 Å². The lowest BCUT2D eigenvalue weighted by Gasteiger charge is -2.15. The molecule has 2 rings (SSSR count). The van der Waals surface area contributed by atoms with E-state index in [0.29, 0.717) is 6.42 Å². The number of carbonyl (C=O) groups is 1. The monoisotopic (exact) mass is 339 g/mol. The number of nitrogens with one attached hydrogen (secondary N) is 1. The number of Topliss-reactive ketones (excluding diaryl/α,β-unsaturated/α-hetero) is 1. The summed E-state index contributed by atoms with van der Waals surface area (Å²) in [6.07, 6.45) is 3.42. The molecule has 1 atom stereocenters. The van der Waals surface area contributed by atoms with Gasteiger partial charge in [-0.05, 0) is 54.3 Å². The van der Waals surface area contributed by atoms with Gasteiger partial charge in [-0.2, -0.15) is 0 Å². The van der Waals surface area contributed by atoms with Crippen LogP contribution in [0.3, 0.4) is 0 Å². The first-order valence-electron chi connectivity index (χ1n) is 9.09. The fourth-order valence-electron chi connectivity index (χ4n) is 3.13. The summed E-state index contributed by atoms with van der Waals surface area (Å²) in [5, 5.41) is 3.12. The second-order valence-electron chi connectivity index (χ2n) is 6.34. The molecule has 0 spiro atoms. The Morgan fingerprint density at radius 2 is 1.84 bits per heavy atom. The highest BCUT2D eigenvalue weighted by Crippen LogP contribution is 2.29. The molecule has 0 heterocycles. The Morgan fingerprint density at radius 1 is 1.12 bits per heavy atom. The van der Waals surface area contributed by atoms with Crippen LogP contribution in [-0.4, -0.2) is 26.0 Å². The van der Waals surface area contributed by atoms with Crippen molar-refractivity contribution in [3.05, 3.63) is 53.6 Å². The highest BCUT2D eigenvalue weighted by atomic mass is 16.5. The molecule has 0 saturated carbocycles. The molecule has 3 nitrogen and oxygen atoms in total. The van der Waals surface area contributed by atoms with Crippen LogP contribution in [0.25, 0.3) is 11.1 Å². The molecular formula is C22H29NO2. The van der Waals surface area contributed by atoms with Crippen LogP contribution in [0.1, 0.15) is 37.8 Å². The highest BCUT2D eigenvalue weighted by Gasteiger charge is 2.15. The Bertz CT molecular complexity index is 692. The van der Waals surface area contributed by atoms with E-state index in [-0.39, 0.29) is 11.8 Å². The number of rotatable bonds is 9. The molecule has 0 bridgehead atoms. The van der Waals surface area contributed by atoms with Crippen LogP contribution < -0.4 is 10.1 Å². The zero-order valence-electron chi connectivity index (χ0n) is 15.8. The lowest BCUT2D eigenvalue weighted by atomic mass is 9.94. The molecule has 134 valence electrons. The lowest BCUT2D eigenvalue weighted by Crippen LogP contribution is -2.35. The standard InChI is InChI=1S/C22H29NO2/c1-5-7-18-15-19(25-4)12-13-20(18)17-10-8-16(9-11-17)14-21(23-3)22(24)6-2/h8-13,15,21,23H,5-7,14H2,1-4H3. The molecular weight excluding hydrogens is 310 g/mol. The molecule has 0 radical (unpaired) electrons. The van der Waals surface area contributed by atoms with Crippen LogP contribution in [0, 0.1) is 0 Å². The Hall–Kier alpha value is -2.13. The Labute approximate surface area is 151 Å². The first-order chi connectivity index (χ1) is 12.1.